The molecule has 0 unspecified atom stereocenters. The van der Waals surface area contributed by atoms with E-state index in [-0.39, 0.29) is 18.3 Å². The van der Waals surface area contributed by atoms with Crippen molar-refractivity contribution in [1.82, 2.24) is 10.2 Å². The summed E-state index contributed by atoms with van der Waals surface area (Å²) in [5, 5.41) is 3.52. The van der Waals surface area contributed by atoms with Gasteiger partial charge in [0.1, 0.15) is 5.82 Å². The number of hydrogen-bond acceptors (Lipinski definition) is 2. The zero-order valence-corrected chi connectivity index (χ0v) is 13.1. The van der Waals surface area contributed by atoms with Crippen LogP contribution in [0, 0.1) is 5.82 Å². The molecular weight excluding hydrogens is 303 g/mol. The van der Waals surface area contributed by atoms with Gasteiger partial charge in [0.2, 0.25) is 5.91 Å². The molecule has 0 bridgehead atoms. The Kier molecular flexibility index (Phi) is 5.92. The van der Waals surface area contributed by atoms with E-state index in [1.165, 1.54) is 12.1 Å². The van der Waals surface area contributed by atoms with E-state index in [0.717, 1.165) is 11.1 Å². The van der Waals surface area contributed by atoms with Crippen LogP contribution in [-0.2, 0) is 17.9 Å². The lowest BCUT2D eigenvalue weighted by Crippen LogP contribution is -2.34. The topological polar surface area (TPSA) is 32.3 Å². The molecule has 1 amide bonds. The first-order valence-corrected chi connectivity index (χ1v) is 7.35. The molecule has 3 nitrogen and oxygen atoms in total. The first-order chi connectivity index (χ1) is 10.5. The van der Waals surface area contributed by atoms with Gasteiger partial charge in [-0.3, -0.25) is 9.69 Å². The van der Waals surface area contributed by atoms with E-state index in [0.29, 0.717) is 18.1 Å². The fourth-order valence-corrected chi connectivity index (χ4v) is 2.23. The molecule has 1 N–H and O–H groups in total. The average molecular weight is 321 g/mol. The Morgan fingerprint density at radius 1 is 1.18 bits per heavy atom. The lowest BCUT2D eigenvalue weighted by atomic mass is 10.2. The number of benzene rings is 2. The molecule has 0 spiro atoms. The van der Waals surface area contributed by atoms with Gasteiger partial charge in [-0.2, -0.15) is 0 Å². The van der Waals surface area contributed by atoms with Gasteiger partial charge >= 0.3 is 0 Å². The summed E-state index contributed by atoms with van der Waals surface area (Å²) in [6, 6.07) is 13.7. The van der Waals surface area contributed by atoms with Crippen LogP contribution in [0.5, 0.6) is 0 Å². The lowest BCUT2D eigenvalue weighted by molar-refractivity contribution is -0.122. The predicted molar refractivity (Wildman–Crippen MR) is 86.0 cm³/mol. The van der Waals surface area contributed by atoms with Crippen LogP contribution in [0.15, 0.2) is 48.5 Å². The van der Waals surface area contributed by atoms with Gasteiger partial charge in [0.15, 0.2) is 0 Å². The number of halogens is 2. The maximum atomic E-state index is 13.1. The number of carbonyl (C=O) groups is 1. The SMILES string of the molecule is CN(CC(=O)NCc1ccc(Cl)cc1)Cc1cccc(F)c1. The Morgan fingerprint density at radius 3 is 2.59 bits per heavy atom. The summed E-state index contributed by atoms with van der Waals surface area (Å²) in [5.41, 5.74) is 1.83. The van der Waals surface area contributed by atoms with Gasteiger partial charge in [-0.1, -0.05) is 35.9 Å². The number of nitrogens with one attached hydrogen (secondary N) is 1. The fourth-order valence-electron chi connectivity index (χ4n) is 2.11. The Bertz CT molecular complexity index is 631. The summed E-state index contributed by atoms with van der Waals surface area (Å²) >= 11 is 5.81. The van der Waals surface area contributed by atoms with Crippen LogP contribution < -0.4 is 5.32 Å². The van der Waals surface area contributed by atoms with Crippen molar-refractivity contribution in [3.05, 3.63) is 70.5 Å². The third-order valence-corrected chi connectivity index (χ3v) is 3.41. The minimum Gasteiger partial charge on any atom is -0.351 e. The number of carbonyl (C=O) groups excluding carboxylic acids is 1. The van der Waals surface area contributed by atoms with Crippen molar-refractivity contribution >= 4 is 17.5 Å². The molecular formula is C17H18ClFN2O. The average Bonchev–Trinajstić information content (AvgIpc) is 2.46. The normalized spacial score (nSPS) is 10.7. The highest BCUT2D eigenvalue weighted by atomic mass is 35.5. The van der Waals surface area contributed by atoms with E-state index < -0.39 is 0 Å². The van der Waals surface area contributed by atoms with Gasteiger partial charge in [-0.15, -0.1) is 0 Å². The number of amides is 1. The largest absolute Gasteiger partial charge is 0.351 e. The zero-order chi connectivity index (χ0) is 15.9. The summed E-state index contributed by atoms with van der Waals surface area (Å²) in [6.45, 7) is 1.24. The lowest BCUT2D eigenvalue weighted by Gasteiger charge is -2.16. The molecule has 22 heavy (non-hydrogen) atoms. The number of rotatable bonds is 6. The molecule has 0 saturated carbocycles. The van der Waals surface area contributed by atoms with Gasteiger partial charge < -0.3 is 5.32 Å². The molecule has 2 aromatic rings. The van der Waals surface area contributed by atoms with E-state index in [4.69, 9.17) is 11.6 Å². The van der Waals surface area contributed by atoms with Crippen molar-refractivity contribution in [3.8, 4) is 0 Å². The van der Waals surface area contributed by atoms with E-state index >= 15 is 0 Å². The van der Waals surface area contributed by atoms with Gasteiger partial charge in [0.05, 0.1) is 6.54 Å². The second-order valence-corrected chi connectivity index (χ2v) is 5.64. The zero-order valence-electron chi connectivity index (χ0n) is 12.4. The third kappa shape index (κ3) is 5.47. The molecule has 2 rings (SSSR count). The van der Waals surface area contributed by atoms with Crippen LogP contribution in [0.25, 0.3) is 0 Å². The van der Waals surface area contributed by atoms with E-state index in [2.05, 4.69) is 5.32 Å². The van der Waals surface area contributed by atoms with Crippen LogP contribution in [-0.4, -0.2) is 24.4 Å². The molecule has 0 aliphatic rings. The molecule has 0 radical (unpaired) electrons. The van der Waals surface area contributed by atoms with Crippen LogP contribution in [0.4, 0.5) is 4.39 Å². The highest BCUT2D eigenvalue weighted by molar-refractivity contribution is 6.30. The summed E-state index contributed by atoms with van der Waals surface area (Å²) in [6.07, 6.45) is 0. The second-order valence-electron chi connectivity index (χ2n) is 5.21. The molecule has 0 heterocycles. The molecule has 0 saturated heterocycles. The van der Waals surface area contributed by atoms with Crippen molar-refractivity contribution in [2.24, 2.45) is 0 Å². The van der Waals surface area contributed by atoms with Crippen LogP contribution in [0.3, 0.4) is 0 Å². The second kappa shape index (κ2) is 7.92. The minimum absolute atomic E-state index is 0.0751. The molecule has 0 aliphatic carbocycles. The molecule has 116 valence electrons. The smallest absolute Gasteiger partial charge is 0.234 e. The summed E-state index contributed by atoms with van der Waals surface area (Å²) in [5.74, 6) is -0.341. The Morgan fingerprint density at radius 2 is 1.91 bits per heavy atom. The monoisotopic (exact) mass is 320 g/mol. The standard InChI is InChI=1S/C17H18ClFN2O/c1-21(11-14-3-2-4-16(19)9-14)12-17(22)20-10-13-5-7-15(18)8-6-13/h2-9H,10-12H2,1H3,(H,20,22). The molecule has 5 heteroatoms. The molecule has 2 aromatic carbocycles. The molecule has 0 aliphatic heterocycles. The first-order valence-electron chi connectivity index (χ1n) is 6.97. The Labute approximate surface area is 134 Å². The van der Waals surface area contributed by atoms with Crippen molar-refractivity contribution in [3.63, 3.8) is 0 Å². The summed E-state index contributed by atoms with van der Waals surface area (Å²) < 4.78 is 13.1. The van der Waals surface area contributed by atoms with Crippen molar-refractivity contribution in [2.75, 3.05) is 13.6 Å². The van der Waals surface area contributed by atoms with Gasteiger partial charge in [-0.25, -0.2) is 4.39 Å². The van der Waals surface area contributed by atoms with Crippen molar-refractivity contribution < 1.29 is 9.18 Å². The van der Waals surface area contributed by atoms with Gasteiger partial charge in [0, 0.05) is 18.1 Å². The fraction of sp³-hybridized carbons (Fsp3) is 0.235. The highest BCUT2D eigenvalue weighted by Crippen LogP contribution is 2.09. The van der Waals surface area contributed by atoms with E-state index in [1.54, 1.807) is 18.2 Å². The van der Waals surface area contributed by atoms with Crippen molar-refractivity contribution in [2.45, 2.75) is 13.1 Å². The van der Waals surface area contributed by atoms with Crippen LogP contribution >= 0.6 is 11.6 Å². The maximum absolute atomic E-state index is 13.1. The van der Waals surface area contributed by atoms with Gasteiger partial charge in [0.25, 0.3) is 0 Å². The quantitative estimate of drug-likeness (QED) is 0.886. The number of nitrogens with zero attached hydrogens (tertiary/aromatic N) is 1. The van der Waals surface area contributed by atoms with Crippen LogP contribution in [0.2, 0.25) is 5.02 Å². The van der Waals surface area contributed by atoms with E-state index in [9.17, 15) is 9.18 Å². The van der Waals surface area contributed by atoms with E-state index in [1.807, 2.05) is 30.1 Å². The molecule has 0 aromatic heterocycles. The predicted octanol–water partition coefficient (Wildman–Crippen LogP) is 3.23. The minimum atomic E-state index is -0.266. The first kappa shape index (κ1) is 16.5. The van der Waals surface area contributed by atoms with Crippen molar-refractivity contribution in [1.29, 1.82) is 0 Å². The molecule has 0 fully saturated rings. The summed E-state index contributed by atoms with van der Waals surface area (Å²) in [4.78, 5) is 13.7. The number of hydrogen-bond donors (Lipinski definition) is 1. The van der Waals surface area contributed by atoms with Crippen LogP contribution in [0.1, 0.15) is 11.1 Å². The Balaban J connectivity index is 1.77. The summed E-state index contributed by atoms with van der Waals surface area (Å²) in [7, 11) is 1.83. The number of likely N-dealkylation sites (N-methyl/N-ethyl adjacent to an activating group) is 1. The molecule has 0 atom stereocenters. The van der Waals surface area contributed by atoms with Gasteiger partial charge in [-0.05, 0) is 42.4 Å². The maximum Gasteiger partial charge on any atom is 0.234 e. The highest BCUT2D eigenvalue weighted by Gasteiger charge is 2.07. The third-order valence-electron chi connectivity index (χ3n) is 3.16. The Hall–Kier alpha value is -1.91.